The van der Waals surface area contributed by atoms with Crippen molar-refractivity contribution in [3.05, 3.63) is 40.2 Å². The zero-order valence-electron chi connectivity index (χ0n) is 12.7. The summed E-state index contributed by atoms with van der Waals surface area (Å²) in [7, 11) is 0. The van der Waals surface area contributed by atoms with Gasteiger partial charge in [-0.2, -0.15) is 0 Å². The Hall–Kier alpha value is -2.30. The van der Waals surface area contributed by atoms with Gasteiger partial charge in [-0.05, 0) is 43.4 Å². The maximum absolute atomic E-state index is 12.0. The molecule has 0 spiro atoms. The van der Waals surface area contributed by atoms with E-state index in [4.69, 9.17) is 0 Å². The van der Waals surface area contributed by atoms with Gasteiger partial charge in [-0.1, -0.05) is 25.3 Å². The zero-order chi connectivity index (χ0) is 15.5. The summed E-state index contributed by atoms with van der Waals surface area (Å²) in [5.74, 6) is 0. The Bertz CT molecular complexity index is 745. The number of H-pyrrole nitrogens is 1. The van der Waals surface area contributed by atoms with Crippen LogP contribution in [0.15, 0.2) is 29.1 Å². The predicted molar refractivity (Wildman–Crippen MR) is 88.3 cm³/mol. The maximum Gasteiger partial charge on any atom is 0.319 e. The molecule has 0 aliphatic heterocycles. The number of hydrogen-bond donors (Lipinski definition) is 3. The van der Waals surface area contributed by atoms with Crippen molar-refractivity contribution < 1.29 is 4.79 Å². The number of nitrogens with one attached hydrogen (secondary N) is 3. The molecule has 5 heteroatoms. The van der Waals surface area contributed by atoms with E-state index in [1.165, 1.54) is 19.3 Å². The first-order chi connectivity index (χ1) is 10.6. The van der Waals surface area contributed by atoms with E-state index in [9.17, 15) is 9.59 Å². The molecule has 2 aromatic rings. The standard InChI is InChI=1S/C17H21N3O2/c1-11-9-12-7-8-14(10-15(12)20-16(11)21)19-17(22)18-13-5-3-2-4-6-13/h7-10,13H,2-6H2,1H3,(H,20,21)(H2,18,19,22). The van der Waals surface area contributed by atoms with Crippen molar-refractivity contribution in [2.75, 3.05) is 5.32 Å². The Kier molecular flexibility index (Phi) is 4.13. The molecule has 1 heterocycles. The van der Waals surface area contributed by atoms with Crippen molar-refractivity contribution in [3.63, 3.8) is 0 Å². The van der Waals surface area contributed by atoms with Crippen molar-refractivity contribution in [2.24, 2.45) is 0 Å². The van der Waals surface area contributed by atoms with Crippen molar-refractivity contribution in [3.8, 4) is 0 Å². The van der Waals surface area contributed by atoms with E-state index in [2.05, 4.69) is 15.6 Å². The summed E-state index contributed by atoms with van der Waals surface area (Å²) in [4.78, 5) is 26.5. The molecule has 1 saturated carbocycles. The van der Waals surface area contributed by atoms with Crippen LogP contribution in [0.4, 0.5) is 10.5 Å². The summed E-state index contributed by atoms with van der Waals surface area (Å²) in [5, 5.41) is 6.81. The number of aryl methyl sites for hydroxylation is 1. The van der Waals surface area contributed by atoms with Crippen molar-refractivity contribution in [2.45, 2.75) is 45.1 Å². The first-order valence-electron chi connectivity index (χ1n) is 7.83. The fraction of sp³-hybridized carbons (Fsp3) is 0.412. The van der Waals surface area contributed by atoms with Gasteiger partial charge in [0.25, 0.3) is 5.56 Å². The first kappa shape index (κ1) is 14.6. The monoisotopic (exact) mass is 299 g/mol. The predicted octanol–water partition coefficient (Wildman–Crippen LogP) is 3.29. The molecule has 1 aromatic carbocycles. The Labute approximate surface area is 129 Å². The number of amides is 2. The van der Waals surface area contributed by atoms with Gasteiger partial charge >= 0.3 is 6.03 Å². The van der Waals surface area contributed by atoms with Gasteiger partial charge in [-0.15, -0.1) is 0 Å². The van der Waals surface area contributed by atoms with E-state index < -0.39 is 0 Å². The molecule has 3 rings (SSSR count). The summed E-state index contributed by atoms with van der Waals surface area (Å²) in [6, 6.07) is 7.48. The number of fused-ring (bicyclic) bond motifs is 1. The Morgan fingerprint density at radius 3 is 2.73 bits per heavy atom. The molecule has 2 amide bonds. The molecule has 3 N–H and O–H groups in total. The lowest BCUT2D eigenvalue weighted by molar-refractivity contribution is 0.244. The number of benzene rings is 1. The number of hydrogen-bond acceptors (Lipinski definition) is 2. The van der Waals surface area contributed by atoms with E-state index in [1.807, 2.05) is 18.2 Å². The van der Waals surface area contributed by atoms with Crippen LogP contribution in [0, 0.1) is 6.92 Å². The third-order valence-electron chi connectivity index (χ3n) is 4.23. The minimum Gasteiger partial charge on any atom is -0.335 e. The molecule has 116 valence electrons. The maximum atomic E-state index is 12.0. The smallest absolute Gasteiger partial charge is 0.319 e. The number of aromatic nitrogens is 1. The lowest BCUT2D eigenvalue weighted by Gasteiger charge is -2.22. The third-order valence-corrected chi connectivity index (χ3v) is 4.23. The van der Waals surface area contributed by atoms with Crippen LogP contribution in [0.3, 0.4) is 0 Å². The second kappa shape index (κ2) is 6.22. The number of carbonyl (C=O) groups is 1. The first-order valence-corrected chi connectivity index (χ1v) is 7.83. The molecular formula is C17H21N3O2. The summed E-state index contributed by atoms with van der Waals surface area (Å²) in [5.41, 5.74) is 1.99. The number of urea groups is 1. The van der Waals surface area contributed by atoms with Crippen LogP contribution in [0.1, 0.15) is 37.7 Å². The minimum absolute atomic E-state index is 0.101. The Morgan fingerprint density at radius 2 is 1.95 bits per heavy atom. The highest BCUT2D eigenvalue weighted by Gasteiger charge is 2.15. The molecule has 0 bridgehead atoms. The van der Waals surface area contributed by atoms with Gasteiger partial charge in [0.1, 0.15) is 0 Å². The van der Waals surface area contributed by atoms with E-state index in [0.717, 1.165) is 23.7 Å². The van der Waals surface area contributed by atoms with Crippen LogP contribution < -0.4 is 16.2 Å². The molecule has 0 unspecified atom stereocenters. The van der Waals surface area contributed by atoms with Crippen LogP contribution in [0.2, 0.25) is 0 Å². The van der Waals surface area contributed by atoms with Crippen LogP contribution >= 0.6 is 0 Å². The summed E-state index contributed by atoms with van der Waals surface area (Å²) >= 11 is 0. The van der Waals surface area contributed by atoms with Crippen LogP contribution in [-0.2, 0) is 0 Å². The lowest BCUT2D eigenvalue weighted by atomic mass is 9.96. The lowest BCUT2D eigenvalue weighted by Crippen LogP contribution is -2.39. The van der Waals surface area contributed by atoms with Crippen molar-refractivity contribution in [1.29, 1.82) is 0 Å². The van der Waals surface area contributed by atoms with E-state index in [0.29, 0.717) is 11.3 Å². The topological polar surface area (TPSA) is 74.0 Å². The SMILES string of the molecule is Cc1cc2ccc(NC(=O)NC3CCCCC3)cc2[nH]c1=O. The van der Waals surface area contributed by atoms with Gasteiger partial charge in [-0.3, -0.25) is 4.79 Å². The fourth-order valence-corrected chi connectivity index (χ4v) is 2.99. The second-order valence-corrected chi connectivity index (χ2v) is 6.02. The fourth-order valence-electron chi connectivity index (χ4n) is 2.99. The molecule has 1 fully saturated rings. The van der Waals surface area contributed by atoms with E-state index >= 15 is 0 Å². The number of rotatable bonds is 2. The Balaban J connectivity index is 1.71. The molecule has 1 aromatic heterocycles. The number of aromatic amines is 1. The normalized spacial score (nSPS) is 15.7. The van der Waals surface area contributed by atoms with E-state index in [1.54, 1.807) is 13.0 Å². The molecule has 0 atom stereocenters. The third kappa shape index (κ3) is 3.30. The molecule has 0 saturated heterocycles. The van der Waals surface area contributed by atoms with Crippen molar-refractivity contribution in [1.82, 2.24) is 10.3 Å². The van der Waals surface area contributed by atoms with Crippen molar-refractivity contribution >= 4 is 22.6 Å². The molecule has 1 aliphatic rings. The summed E-state index contributed by atoms with van der Waals surface area (Å²) in [6.07, 6.45) is 5.73. The average Bonchev–Trinajstić information content (AvgIpc) is 2.49. The highest BCUT2D eigenvalue weighted by atomic mass is 16.2. The van der Waals surface area contributed by atoms with Gasteiger partial charge in [0.2, 0.25) is 0 Å². The van der Waals surface area contributed by atoms with Gasteiger partial charge in [-0.25, -0.2) is 4.79 Å². The molecule has 1 aliphatic carbocycles. The number of carbonyl (C=O) groups excluding carboxylic acids is 1. The highest BCUT2D eigenvalue weighted by molar-refractivity contribution is 5.92. The second-order valence-electron chi connectivity index (χ2n) is 6.02. The van der Waals surface area contributed by atoms with Gasteiger partial charge < -0.3 is 15.6 Å². The van der Waals surface area contributed by atoms with Crippen LogP contribution in [0.25, 0.3) is 10.9 Å². The van der Waals surface area contributed by atoms with Crippen LogP contribution in [0.5, 0.6) is 0 Å². The number of anilines is 1. The van der Waals surface area contributed by atoms with Gasteiger partial charge in [0.05, 0.1) is 5.52 Å². The number of pyridine rings is 1. The Morgan fingerprint density at radius 1 is 1.18 bits per heavy atom. The van der Waals surface area contributed by atoms with E-state index in [-0.39, 0.29) is 17.6 Å². The largest absolute Gasteiger partial charge is 0.335 e. The molecular weight excluding hydrogens is 278 g/mol. The van der Waals surface area contributed by atoms with Gasteiger partial charge in [0.15, 0.2) is 0 Å². The van der Waals surface area contributed by atoms with Crippen LogP contribution in [-0.4, -0.2) is 17.1 Å². The summed E-state index contributed by atoms with van der Waals surface area (Å²) in [6.45, 7) is 1.78. The quantitative estimate of drug-likeness (QED) is 0.796. The summed E-state index contributed by atoms with van der Waals surface area (Å²) < 4.78 is 0. The zero-order valence-corrected chi connectivity index (χ0v) is 12.7. The molecule has 5 nitrogen and oxygen atoms in total. The minimum atomic E-state index is -0.180. The average molecular weight is 299 g/mol. The van der Waals surface area contributed by atoms with Gasteiger partial charge in [0, 0.05) is 17.3 Å². The highest BCUT2D eigenvalue weighted by Crippen LogP contribution is 2.19. The molecule has 22 heavy (non-hydrogen) atoms. The molecule has 0 radical (unpaired) electrons.